The van der Waals surface area contributed by atoms with E-state index in [0.717, 1.165) is 12.1 Å². The molecule has 1 aromatic heterocycles. The average molecular weight is 512 g/mol. The van der Waals surface area contributed by atoms with Crippen molar-refractivity contribution in [3.05, 3.63) is 64.3 Å². The smallest absolute Gasteiger partial charge is 0.416 e. The Balaban J connectivity index is 1.75. The van der Waals surface area contributed by atoms with Crippen LogP contribution in [0.5, 0.6) is 5.75 Å². The summed E-state index contributed by atoms with van der Waals surface area (Å²) >= 11 is 11.1. The second kappa shape index (κ2) is 9.69. The summed E-state index contributed by atoms with van der Waals surface area (Å²) in [5.74, 6) is -1.43. The van der Waals surface area contributed by atoms with E-state index >= 15 is 0 Å². The number of rotatable bonds is 5. The molecule has 13 heteroatoms. The number of aromatic hydroxyl groups is 1. The first-order chi connectivity index (χ1) is 15.9. The van der Waals surface area contributed by atoms with Crippen molar-refractivity contribution < 1.29 is 28.2 Å². The molecule has 34 heavy (non-hydrogen) atoms. The Morgan fingerprint density at radius 1 is 1.21 bits per heavy atom. The number of thiocarbonyl (C=S) groups is 1. The van der Waals surface area contributed by atoms with Crippen molar-refractivity contribution in [1.82, 2.24) is 15.2 Å². The number of aryl methyl sites for hydroxylation is 1. The maximum Gasteiger partial charge on any atom is 0.416 e. The number of nitrogens with one attached hydrogen (secondary N) is 2. The zero-order chi connectivity index (χ0) is 25.2. The normalized spacial score (nSPS) is 11.9. The van der Waals surface area contributed by atoms with Crippen LogP contribution in [0.2, 0.25) is 5.02 Å². The highest BCUT2D eigenvalue weighted by Crippen LogP contribution is 2.35. The van der Waals surface area contributed by atoms with Crippen LogP contribution in [0.3, 0.4) is 0 Å². The number of benzene rings is 2. The fourth-order valence-electron chi connectivity index (χ4n) is 3.01. The Kier molecular flexibility index (Phi) is 7.12. The minimum atomic E-state index is -4.47. The van der Waals surface area contributed by atoms with E-state index in [0.29, 0.717) is 11.3 Å². The molecule has 0 aliphatic rings. The molecule has 0 radical (unpaired) electrons. The Bertz CT molecular complexity index is 1290. The number of hydrogen-bond donors (Lipinski definition) is 4. The predicted molar refractivity (Wildman–Crippen MR) is 125 cm³/mol. The van der Waals surface area contributed by atoms with Gasteiger partial charge in [-0.2, -0.15) is 23.4 Å². The van der Waals surface area contributed by atoms with Crippen LogP contribution in [0.1, 0.15) is 28.5 Å². The van der Waals surface area contributed by atoms with Crippen LogP contribution in [0.15, 0.2) is 47.6 Å². The number of aromatic nitrogens is 2. The standard InChI is InChI=1S/C21H17ClF3N5O3S/c1-10(27-28-20(34)26-13-7-8-14(19(32)33)15(22)9-13)16-18(31)17(30(2)29-16)11-3-5-12(6-4-11)21(23,24)25/h3-9,31H,1-2H3,(H,32,33)(H2,26,28,34)/b27-10-. The molecule has 8 nitrogen and oxygen atoms in total. The third-order valence-electron chi connectivity index (χ3n) is 4.63. The van der Waals surface area contributed by atoms with Crippen molar-refractivity contribution >= 4 is 46.3 Å². The first kappa shape index (κ1) is 25.0. The highest BCUT2D eigenvalue weighted by molar-refractivity contribution is 7.80. The molecule has 3 rings (SSSR count). The van der Waals surface area contributed by atoms with E-state index in [1.54, 1.807) is 6.92 Å². The molecule has 0 fully saturated rings. The molecule has 0 aliphatic carbocycles. The number of carboxylic acid groups (broad SMARTS) is 1. The molecule has 178 valence electrons. The molecule has 4 N–H and O–H groups in total. The lowest BCUT2D eigenvalue weighted by atomic mass is 10.1. The largest absolute Gasteiger partial charge is 0.504 e. The number of carbonyl (C=O) groups is 1. The van der Waals surface area contributed by atoms with Gasteiger partial charge in [-0.1, -0.05) is 23.7 Å². The monoisotopic (exact) mass is 511 g/mol. The van der Waals surface area contributed by atoms with Gasteiger partial charge in [0.2, 0.25) is 0 Å². The lowest BCUT2D eigenvalue weighted by Crippen LogP contribution is -2.25. The summed E-state index contributed by atoms with van der Waals surface area (Å²) < 4.78 is 39.8. The van der Waals surface area contributed by atoms with E-state index in [2.05, 4.69) is 20.9 Å². The number of halogens is 4. The maximum atomic E-state index is 12.8. The molecule has 0 spiro atoms. The lowest BCUT2D eigenvalue weighted by Gasteiger charge is -2.09. The molecule has 0 atom stereocenters. The molecule has 3 aromatic rings. The van der Waals surface area contributed by atoms with Crippen LogP contribution in [-0.2, 0) is 13.2 Å². The van der Waals surface area contributed by atoms with E-state index in [1.807, 2.05) is 0 Å². The summed E-state index contributed by atoms with van der Waals surface area (Å²) in [6, 6.07) is 8.50. The minimum absolute atomic E-state index is 0.0224. The minimum Gasteiger partial charge on any atom is -0.504 e. The third-order valence-corrected chi connectivity index (χ3v) is 5.14. The molecule has 0 saturated carbocycles. The van der Waals surface area contributed by atoms with Gasteiger partial charge in [0.15, 0.2) is 16.6 Å². The van der Waals surface area contributed by atoms with Crippen molar-refractivity contribution in [1.29, 1.82) is 0 Å². The second-order valence-electron chi connectivity index (χ2n) is 7.01. The number of anilines is 1. The van der Waals surface area contributed by atoms with Gasteiger partial charge < -0.3 is 15.5 Å². The second-order valence-corrected chi connectivity index (χ2v) is 7.82. The number of hydrogen-bond acceptors (Lipinski definition) is 5. The van der Waals surface area contributed by atoms with Crippen molar-refractivity contribution in [3.63, 3.8) is 0 Å². The van der Waals surface area contributed by atoms with Crippen molar-refractivity contribution in [2.24, 2.45) is 12.1 Å². The van der Waals surface area contributed by atoms with Crippen LogP contribution >= 0.6 is 23.8 Å². The summed E-state index contributed by atoms with van der Waals surface area (Å²) in [4.78, 5) is 11.0. The van der Waals surface area contributed by atoms with E-state index < -0.39 is 17.7 Å². The van der Waals surface area contributed by atoms with Crippen molar-refractivity contribution in [2.75, 3.05) is 5.32 Å². The SMILES string of the molecule is C/C(=N/NC(=S)Nc1ccc(C(=O)O)c(Cl)c1)c1nn(C)c(-c2ccc(C(F)(F)F)cc2)c1O. The summed E-state index contributed by atoms with van der Waals surface area (Å²) in [6.07, 6.45) is -4.47. The Hall–Kier alpha value is -3.64. The Labute approximate surface area is 201 Å². The van der Waals surface area contributed by atoms with Gasteiger partial charge in [-0.25, -0.2) is 4.79 Å². The fourth-order valence-corrected chi connectivity index (χ4v) is 3.43. The van der Waals surface area contributed by atoms with E-state index in [-0.39, 0.29) is 38.5 Å². The van der Waals surface area contributed by atoms with Crippen molar-refractivity contribution in [2.45, 2.75) is 13.1 Å². The molecule has 1 heterocycles. The quantitative estimate of drug-likeness (QED) is 0.219. The van der Waals surface area contributed by atoms with Gasteiger partial charge in [-0.15, -0.1) is 0 Å². The molecular formula is C21H17ClF3N5O3S. The van der Waals surface area contributed by atoms with Gasteiger partial charge in [0, 0.05) is 18.3 Å². The molecule has 2 aromatic carbocycles. The molecule has 0 amide bonds. The highest BCUT2D eigenvalue weighted by Gasteiger charge is 2.30. The summed E-state index contributed by atoms with van der Waals surface area (Å²) in [5.41, 5.74) is 3.02. The van der Waals surface area contributed by atoms with Crippen molar-refractivity contribution in [3.8, 4) is 17.0 Å². The van der Waals surface area contributed by atoms with Gasteiger partial charge >= 0.3 is 12.1 Å². The van der Waals surface area contributed by atoms with Gasteiger partial charge in [0.1, 0.15) is 5.69 Å². The van der Waals surface area contributed by atoms with Gasteiger partial charge in [0.05, 0.1) is 21.9 Å². The fraction of sp³-hybridized carbons (Fsp3) is 0.143. The molecule has 0 unspecified atom stereocenters. The summed E-state index contributed by atoms with van der Waals surface area (Å²) in [6.45, 7) is 1.55. The van der Waals surface area contributed by atoms with Gasteiger partial charge in [-0.3, -0.25) is 10.1 Å². The third kappa shape index (κ3) is 5.46. The van der Waals surface area contributed by atoms with Crippen LogP contribution in [-0.4, -0.2) is 36.8 Å². The van der Waals surface area contributed by atoms with E-state index in [1.165, 1.54) is 42.1 Å². The predicted octanol–water partition coefficient (Wildman–Crippen LogP) is 4.87. The lowest BCUT2D eigenvalue weighted by molar-refractivity contribution is -0.137. The first-order valence-corrected chi connectivity index (χ1v) is 10.2. The number of aromatic carboxylic acids is 1. The topological polar surface area (TPSA) is 112 Å². The van der Waals surface area contributed by atoms with Crippen LogP contribution in [0.4, 0.5) is 18.9 Å². The van der Waals surface area contributed by atoms with Gasteiger partial charge in [-0.05, 0) is 49.5 Å². The molecule has 0 bridgehead atoms. The highest BCUT2D eigenvalue weighted by atomic mass is 35.5. The first-order valence-electron chi connectivity index (χ1n) is 9.46. The Morgan fingerprint density at radius 2 is 1.85 bits per heavy atom. The van der Waals surface area contributed by atoms with Crippen LogP contribution in [0.25, 0.3) is 11.3 Å². The van der Waals surface area contributed by atoms with E-state index in [9.17, 15) is 23.1 Å². The van der Waals surface area contributed by atoms with Gasteiger partial charge in [0.25, 0.3) is 0 Å². The zero-order valence-electron chi connectivity index (χ0n) is 17.6. The number of hydrazone groups is 1. The molecule has 0 aliphatic heterocycles. The van der Waals surface area contributed by atoms with Crippen LogP contribution < -0.4 is 10.7 Å². The van der Waals surface area contributed by atoms with Crippen LogP contribution in [0, 0.1) is 0 Å². The van der Waals surface area contributed by atoms with E-state index in [4.69, 9.17) is 28.9 Å². The molecule has 0 saturated heterocycles. The Morgan fingerprint density at radius 3 is 2.41 bits per heavy atom. The zero-order valence-corrected chi connectivity index (χ0v) is 19.2. The average Bonchev–Trinajstić information content (AvgIpc) is 3.05. The number of alkyl halides is 3. The number of nitrogens with zero attached hydrogens (tertiary/aromatic N) is 3. The summed E-state index contributed by atoms with van der Waals surface area (Å²) in [5, 5.41) is 30.8. The molecular weight excluding hydrogens is 495 g/mol. The summed E-state index contributed by atoms with van der Waals surface area (Å²) in [7, 11) is 1.54. The number of carboxylic acids is 1. The maximum absolute atomic E-state index is 12.8.